The van der Waals surface area contributed by atoms with E-state index in [0.29, 0.717) is 10.7 Å². The molecule has 0 bridgehead atoms. The van der Waals surface area contributed by atoms with Crippen molar-refractivity contribution in [2.45, 2.75) is 12.8 Å². The summed E-state index contributed by atoms with van der Waals surface area (Å²) in [4.78, 5) is 45.4. The van der Waals surface area contributed by atoms with Gasteiger partial charge >= 0.3 is 5.97 Å². The number of nitrogens with one attached hydrogen (secondary N) is 2. The number of para-hydroxylation sites is 1. The van der Waals surface area contributed by atoms with Crippen LogP contribution in [0, 0.1) is 10.1 Å². The Hall–Kier alpha value is -3.46. The molecule has 0 saturated carbocycles. The summed E-state index contributed by atoms with van der Waals surface area (Å²) in [6.45, 7) is -0.576. The zero-order valence-electron chi connectivity index (χ0n) is 14.5. The number of halogens is 1. The van der Waals surface area contributed by atoms with Gasteiger partial charge in [-0.05, 0) is 18.2 Å². The van der Waals surface area contributed by atoms with Crippen molar-refractivity contribution in [1.82, 2.24) is 0 Å². The van der Waals surface area contributed by atoms with E-state index in [1.807, 2.05) is 0 Å². The van der Waals surface area contributed by atoms with Crippen molar-refractivity contribution in [2.75, 3.05) is 17.2 Å². The maximum absolute atomic E-state index is 11.8. The lowest BCUT2D eigenvalue weighted by atomic mass is 10.2. The maximum Gasteiger partial charge on any atom is 0.306 e. The van der Waals surface area contributed by atoms with Crippen molar-refractivity contribution in [3.05, 3.63) is 63.7 Å². The van der Waals surface area contributed by atoms with Crippen molar-refractivity contribution in [1.29, 1.82) is 0 Å². The Kier molecular flexibility index (Phi) is 7.46. The van der Waals surface area contributed by atoms with E-state index in [4.69, 9.17) is 16.3 Å². The first-order valence-corrected chi connectivity index (χ1v) is 8.47. The normalized spacial score (nSPS) is 10.0. The first-order valence-electron chi connectivity index (χ1n) is 8.09. The van der Waals surface area contributed by atoms with Gasteiger partial charge in [-0.25, -0.2) is 0 Å². The molecule has 2 rings (SSSR count). The van der Waals surface area contributed by atoms with E-state index in [9.17, 15) is 24.5 Å². The number of non-ortho nitro benzene ring substituents is 1. The van der Waals surface area contributed by atoms with Gasteiger partial charge in [0.2, 0.25) is 5.91 Å². The Bertz CT molecular complexity index is 902. The summed E-state index contributed by atoms with van der Waals surface area (Å²) in [7, 11) is 0. The standard InChI is InChI=1S/C18H16ClN3O6/c19-14-6-1-2-7-15(14)21-16(23)8-9-18(25)28-11-17(24)20-12-4-3-5-13(10-12)22(26)27/h1-7,10H,8-9,11H2,(H,20,24)(H,21,23). The van der Waals surface area contributed by atoms with Gasteiger partial charge in [0.1, 0.15) is 0 Å². The van der Waals surface area contributed by atoms with Crippen LogP contribution in [0.15, 0.2) is 48.5 Å². The van der Waals surface area contributed by atoms with Gasteiger partial charge in [0.25, 0.3) is 11.6 Å². The first-order chi connectivity index (χ1) is 13.3. The van der Waals surface area contributed by atoms with Crippen LogP contribution in [0.2, 0.25) is 5.02 Å². The van der Waals surface area contributed by atoms with E-state index >= 15 is 0 Å². The third-order valence-electron chi connectivity index (χ3n) is 3.41. The fourth-order valence-electron chi connectivity index (χ4n) is 2.10. The minimum absolute atomic E-state index is 0.142. The summed E-state index contributed by atoms with van der Waals surface area (Å²) in [5.41, 5.74) is 0.451. The minimum Gasteiger partial charge on any atom is -0.456 e. The molecular weight excluding hydrogens is 390 g/mol. The number of esters is 1. The summed E-state index contributed by atoms with van der Waals surface area (Å²) in [6, 6.07) is 12.0. The summed E-state index contributed by atoms with van der Waals surface area (Å²) < 4.78 is 4.79. The summed E-state index contributed by atoms with van der Waals surface area (Å²) in [5, 5.41) is 16.0. The molecule has 2 aromatic carbocycles. The lowest BCUT2D eigenvalue weighted by molar-refractivity contribution is -0.384. The summed E-state index contributed by atoms with van der Waals surface area (Å²) in [6.07, 6.45) is -0.364. The molecule has 28 heavy (non-hydrogen) atoms. The largest absolute Gasteiger partial charge is 0.456 e. The number of hydrogen-bond acceptors (Lipinski definition) is 6. The number of ether oxygens (including phenoxy) is 1. The zero-order valence-corrected chi connectivity index (χ0v) is 15.3. The molecule has 0 fully saturated rings. The quantitative estimate of drug-likeness (QED) is 0.394. The van der Waals surface area contributed by atoms with Gasteiger partial charge in [0.15, 0.2) is 6.61 Å². The van der Waals surface area contributed by atoms with Gasteiger partial charge in [-0.15, -0.1) is 0 Å². The van der Waals surface area contributed by atoms with Crippen LogP contribution in [-0.2, 0) is 19.1 Å². The van der Waals surface area contributed by atoms with Crippen molar-refractivity contribution in [2.24, 2.45) is 0 Å². The predicted octanol–water partition coefficient (Wildman–Crippen LogP) is 3.15. The van der Waals surface area contributed by atoms with Crippen LogP contribution in [0.25, 0.3) is 0 Å². The molecule has 2 amide bonds. The Labute approximate surface area is 164 Å². The molecule has 2 aromatic rings. The minimum atomic E-state index is -0.733. The van der Waals surface area contributed by atoms with Crippen molar-refractivity contribution >= 4 is 46.4 Å². The van der Waals surface area contributed by atoms with Crippen LogP contribution in [-0.4, -0.2) is 29.3 Å². The molecule has 0 atom stereocenters. The fraction of sp³-hybridized carbons (Fsp3) is 0.167. The number of carbonyl (C=O) groups is 3. The molecule has 2 N–H and O–H groups in total. The van der Waals surface area contributed by atoms with Crippen LogP contribution in [0.3, 0.4) is 0 Å². The van der Waals surface area contributed by atoms with Crippen LogP contribution >= 0.6 is 11.6 Å². The molecule has 0 aromatic heterocycles. The number of hydrogen-bond donors (Lipinski definition) is 2. The van der Waals surface area contributed by atoms with Crippen molar-refractivity contribution in [3.63, 3.8) is 0 Å². The molecule has 10 heteroatoms. The number of carbonyl (C=O) groups excluding carboxylic acids is 3. The van der Waals surface area contributed by atoms with E-state index in [1.54, 1.807) is 24.3 Å². The zero-order chi connectivity index (χ0) is 20.5. The monoisotopic (exact) mass is 405 g/mol. The number of anilines is 2. The second kappa shape index (κ2) is 10.0. The molecule has 0 aliphatic carbocycles. The molecule has 0 aliphatic heterocycles. The van der Waals surface area contributed by atoms with E-state index in [2.05, 4.69) is 10.6 Å². The third-order valence-corrected chi connectivity index (χ3v) is 3.74. The lowest BCUT2D eigenvalue weighted by Crippen LogP contribution is -2.21. The van der Waals surface area contributed by atoms with Crippen molar-refractivity contribution in [3.8, 4) is 0 Å². The predicted molar refractivity (Wildman–Crippen MR) is 102 cm³/mol. The average Bonchev–Trinajstić information content (AvgIpc) is 2.66. The Morgan fingerprint density at radius 1 is 1.00 bits per heavy atom. The van der Waals surface area contributed by atoms with Crippen LogP contribution in [0.4, 0.5) is 17.1 Å². The third kappa shape index (κ3) is 6.69. The Morgan fingerprint density at radius 3 is 2.46 bits per heavy atom. The Morgan fingerprint density at radius 2 is 1.75 bits per heavy atom. The highest BCUT2D eigenvalue weighted by atomic mass is 35.5. The van der Waals surface area contributed by atoms with Crippen molar-refractivity contribution < 1.29 is 24.0 Å². The second-order valence-corrected chi connectivity index (χ2v) is 5.95. The number of nitrogens with zero attached hydrogens (tertiary/aromatic N) is 1. The molecule has 0 spiro atoms. The molecular formula is C18H16ClN3O6. The average molecular weight is 406 g/mol. The number of benzene rings is 2. The number of rotatable bonds is 8. The highest BCUT2D eigenvalue weighted by Crippen LogP contribution is 2.20. The van der Waals surface area contributed by atoms with Gasteiger partial charge < -0.3 is 15.4 Å². The van der Waals surface area contributed by atoms with Gasteiger partial charge in [0, 0.05) is 24.2 Å². The van der Waals surface area contributed by atoms with Gasteiger partial charge in [0.05, 0.1) is 22.1 Å². The molecule has 9 nitrogen and oxygen atoms in total. The molecule has 0 radical (unpaired) electrons. The molecule has 146 valence electrons. The van der Waals surface area contributed by atoms with Crippen LogP contribution in [0.1, 0.15) is 12.8 Å². The lowest BCUT2D eigenvalue weighted by Gasteiger charge is -2.08. The molecule has 0 saturated heterocycles. The molecule has 0 aliphatic rings. The summed E-state index contributed by atoms with van der Waals surface area (Å²) >= 11 is 5.92. The van der Waals surface area contributed by atoms with Gasteiger partial charge in [-0.1, -0.05) is 29.8 Å². The highest BCUT2D eigenvalue weighted by Gasteiger charge is 2.13. The summed E-state index contributed by atoms with van der Waals surface area (Å²) in [5.74, 6) is -1.82. The smallest absolute Gasteiger partial charge is 0.306 e. The van der Waals surface area contributed by atoms with Gasteiger partial charge in [-0.2, -0.15) is 0 Å². The Balaban J connectivity index is 1.72. The van der Waals surface area contributed by atoms with Crippen LogP contribution in [0.5, 0.6) is 0 Å². The van der Waals surface area contributed by atoms with E-state index < -0.39 is 29.3 Å². The molecule has 0 heterocycles. The first kappa shape index (κ1) is 20.8. The highest BCUT2D eigenvalue weighted by molar-refractivity contribution is 6.33. The second-order valence-electron chi connectivity index (χ2n) is 5.54. The van der Waals surface area contributed by atoms with E-state index in [-0.39, 0.29) is 24.2 Å². The topological polar surface area (TPSA) is 128 Å². The number of amides is 2. The molecule has 0 unspecified atom stereocenters. The fourth-order valence-corrected chi connectivity index (χ4v) is 2.29. The van der Waals surface area contributed by atoms with E-state index in [1.165, 1.54) is 24.3 Å². The van der Waals surface area contributed by atoms with E-state index in [0.717, 1.165) is 0 Å². The number of nitro benzene ring substituents is 1. The van der Waals surface area contributed by atoms with Crippen LogP contribution < -0.4 is 10.6 Å². The SMILES string of the molecule is O=C(COC(=O)CCC(=O)Nc1ccccc1Cl)Nc1cccc([N+](=O)[O-])c1. The maximum atomic E-state index is 11.8. The van der Waals surface area contributed by atoms with Gasteiger partial charge in [-0.3, -0.25) is 24.5 Å². The number of nitro groups is 1.